The van der Waals surface area contributed by atoms with Crippen LogP contribution in [0.25, 0.3) is 0 Å². The number of benzene rings is 2. The molecule has 5 nitrogen and oxygen atoms in total. The summed E-state index contributed by atoms with van der Waals surface area (Å²) < 4.78 is 11.4. The van der Waals surface area contributed by atoms with Crippen molar-refractivity contribution in [2.75, 3.05) is 33.9 Å². The van der Waals surface area contributed by atoms with E-state index in [4.69, 9.17) is 9.47 Å². The highest BCUT2D eigenvalue weighted by molar-refractivity contribution is 5.80. The van der Waals surface area contributed by atoms with Gasteiger partial charge < -0.3 is 20.1 Å². The Hall–Kier alpha value is -2.53. The van der Waals surface area contributed by atoms with Crippen LogP contribution in [0.2, 0.25) is 0 Å². The smallest absolute Gasteiger partial charge is 0.191 e. The van der Waals surface area contributed by atoms with E-state index in [9.17, 15) is 0 Å². The van der Waals surface area contributed by atoms with E-state index in [1.807, 2.05) is 13.1 Å². The van der Waals surface area contributed by atoms with E-state index in [-0.39, 0.29) is 11.5 Å². The summed E-state index contributed by atoms with van der Waals surface area (Å²) in [4.78, 5) is 4.45. The molecule has 156 valence electrons. The Morgan fingerprint density at radius 1 is 1.17 bits per heavy atom. The zero-order chi connectivity index (χ0) is 20.7. The molecule has 0 aliphatic carbocycles. The highest BCUT2D eigenvalue weighted by Gasteiger charge is 2.37. The average molecular weight is 396 g/mol. The van der Waals surface area contributed by atoms with Gasteiger partial charge in [0.05, 0.1) is 13.2 Å². The minimum atomic E-state index is -0.0524. The molecule has 1 saturated heterocycles. The number of nitrogens with one attached hydrogen (secondary N) is 2. The Bertz CT molecular complexity index is 814. The van der Waals surface area contributed by atoms with Gasteiger partial charge in [-0.3, -0.25) is 4.99 Å². The van der Waals surface area contributed by atoms with Crippen molar-refractivity contribution >= 4 is 5.96 Å². The van der Waals surface area contributed by atoms with E-state index in [2.05, 4.69) is 71.9 Å². The van der Waals surface area contributed by atoms with Gasteiger partial charge in [0, 0.05) is 37.8 Å². The molecule has 0 aromatic heterocycles. The van der Waals surface area contributed by atoms with Gasteiger partial charge in [-0.05, 0) is 38.3 Å². The van der Waals surface area contributed by atoms with Gasteiger partial charge in [0.2, 0.25) is 0 Å². The van der Waals surface area contributed by atoms with Crippen molar-refractivity contribution in [2.45, 2.75) is 38.1 Å². The number of guanidine groups is 1. The van der Waals surface area contributed by atoms with E-state index in [1.165, 1.54) is 16.7 Å². The summed E-state index contributed by atoms with van der Waals surface area (Å²) in [6, 6.07) is 17.0. The van der Waals surface area contributed by atoms with Crippen LogP contribution in [-0.2, 0) is 10.2 Å². The van der Waals surface area contributed by atoms with Crippen LogP contribution in [0.4, 0.5) is 0 Å². The number of methoxy groups -OCH3 is 1. The van der Waals surface area contributed by atoms with Gasteiger partial charge in [-0.15, -0.1) is 0 Å². The highest BCUT2D eigenvalue weighted by Crippen LogP contribution is 2.40. The third kappa shape index (κ3) is 5.10. The SMILES string of the molecule is CN=C(NCC1(c2cc(C)ccc2OC)CCOCC1)NC(C)c1ccccc1. The number of hydrogen-bond donors (Lipinski definition) is 2. The first-order chi connectivity index (χ1) is 14.1. The van der Waals surface area contributed by atoms with Gasteiger partial charge in [0.15, 0.2) is 5.96 Å². The molecule has 29 heavy (non-hydrogen) atoms. The molecule has 3 rings (SSSR count). The van der Waals surface area contributed by atoms with E-state index >= 15 is 0 Å². The average Bonchev–Trinajstić information content (AvgIpc) is 2.77. The van der Waals surface area contributed by atoms with Gasteiger partial charge >= 0.3 is 0 Å². The molecule has 0 amide bonds. The Kier molecular flexibility index (Phi) is 7.15. The van der Waals surface area contributed by atoms with Gasteiger partial charge in [0.1, 0.15) is 5.75 Å². The maximum Gasteiger partial charge on any atom is 0.191 e. The molecular formula is C24H33N3O2. The Labute approximate surface area is 174 Å². The first-order valence-corrected chi connectivity index (χ1v) is 10.3. The summed E-state index contributed by atoms with van der Waals surface area (Å²) >= 11 is 0. The van der Waals surface area contributed by atoms with Crippen molar-refractivity contribution < 1.29 is 9.47 Å². The van der Waals surface area contributed by atoms with Crippen LogP contribution in [0.15, 0.2) is 53.5 Å². The monoisotopic (exact) mass is 395 g/mol. The van der Waals surface area contributed by atoms with E-state index in [0.717, 1.165) is 44.3 Å². The Balaban J connectivity index is 1.78. The number of hydrogen-bond acceptors (Lipinski definition) is 3. The molecule has 1 aliphatic rings. The fourth-order valence-corrected chi connectivity index (χ4v) is 4.02. The summed E-state index contributed by atoms with van der Waals surface area (Å²) in [5.74, 6) is 1.75. The highest BCUT2D eigenvalue weighted by atomic mass is 16.5. The van der Waals surface area contributed by atoms with Gasteiger partial charge in [-0.2, -0.15) is 0 Å². The predicted molar refractivity (Wildman–Crippen MR) is 119 cm³/mol. The van der Waals surface area contributed by atoms with Crippen molar-refractivity contribution in [1.29, 1.82) is 0 Å². The molecule has 1 unspecified atom stereocenters. The molecule has 2 N–H and O–H groups in total. The lowest BCUT2D eigenvalue weighted by Crippen LogP contribution is -2.48. The second-order valence-electron chi connectivity index (χ2n) is 7.80. The molecular weight excluding hydrogens is 362 g/mol. The molecule has 2 aromatic rings. The number of nitrogens with zero attached hydrogens (tertiary/aromatic N) is 1. The lowest BCUT2D eigenvalue weighted by Gasteiger charge is -2.39. The molecule has 0 radical (unpaired) electrons. The van der Waals surface area contributed by atoms with E-state index in [1.54, 1.807) is 7.11 Å². The number of aliphatic imine (C=N–C) groups is 1. The summed E-state index contributed by atoms with van der Waals surface area (Å²) in [5, 5.41) is 7.09. The molecule has 1 aliphatic heterocycles. The van der Waals surface area contributed by atoms with Crippen LogP contribution in [0, 0.1) is 6.92 Å². The van der Waals surface area contributed by atoms with Gasteiger partial charge in [0.25, 0.3) is 0 Å². The molecule has 0 saturated carbocycles. The summed E-state index contributed by atoms with van der Waals surface area (Å²) in [5.41, 5.74) is 3.68. The van der Waals surface area contributed by atoms with Crippen LogP contribution in [0.3, 0.4) is 0 Å². The molecule has 1 atom stereocenters. The minimum absolute atomic E-state index is 0.0524. The third-order valence-corrected chi connectivity index (χ3v) is 5.85. The Morgan fingerprint density at radius 3 is 2.55 bits per heavy atom. The summed E-state index contributed by atoms with van der Waals surface area (Å²) in [6.45, 7) is 6.56. The fourth-order valence-electron chi connectivity index (χ4n) is 4.02. The maximum absolute atomic E-state index is 5.72. The van der Waals surface area contributed by atoms with Crippen molar-refractivity contribution in [3.63, 3.8) is 0 Å². The maximum atomic E-state index is 5.72. The number of ether oxygens (including phenoxy) is 2. The molecule has 2 aromatic carbocycles. The number of rotatable bonds is 6. The first kappa shape index (κ1) is 21.2. The van der Waals surface area contributed by atoms with Crippen molar-refractivity contribution in [3.8, 4) is 5.75 Å². The normalized spacial score (nSPS) is 17.4. The number of aryl methyl sites for hydroxylation is 1. The zero-order valence-corrected chi connectivity index (χ0v) is 18.0. The molecule has 5 heteroatoms. The second-order valence-corrected chi connectivity index (χ2v) is 7.80. The molecule has 1 fully saturated rings. The Morgan fingerprint density at radius 2 is 1.90 bits per heavy atom. The molecule has 0 spiro atoms. The molecule has 0 bridgehead atoms. The first-order valence-electron chi connectivity index (χ1n) is 10.3. The van der Waals surface area contributed by atoms with Gasteiger partial charge in [-0.25, -0.2) is 0 Å². The fraction of sp³-hybridized carbons (Fsp3) is 0.458. The summed E-state index contributed by atoms with van der Waals surface area (Å²) in [6.07, 6.45) is 1.90. The van der Waals surface area contributed by atoms with Crippen LogP contribution in [-0.4, -0.2) is 39.9 Å². The summed E-state index contributed by atoms with van der Waals surface area (Å²) in [7, 11) is 3.56. The van der Waals surface area contributed by atoms with E-state index in [0.29, 0.717) is 0 Å². The minimum Gasteiger partial charge on any atom is -0.496 e. The molecule has 1 heterocycles. The standard InChI is InChI=1S/C24H33N3O2/c1-18-10-11-22(28-4)21(16-18)24(12-14-29-15-13-24)17-26-23(25-3)27-19(2)20-8-6-5-7-9-20/h5-11,16,19H,12-15,17H2,1-4H3,(H2,25,26,27). The van der Waals surface area contributed by atoms with Gasteiger partial charge in [-0.1, -0.05) is 48.0 Å². The topological polar surface area (TPSA) is 54.9 Å². The van der Waals surface area contributed by atoms with Crippen LogP contribution in [0.5, 0.6) is 5.75 Å². The lowest BCUT2D eigenvalue weighted by atomic mass is 9.73. The van der Waals surface area contributed by atoms with Crippen LogP contribution < -0.4 is 15.4 Å². The van der Waals surface area contributed by atoms with Crippen LogP contribution >= 0.6 is 0 Å². The zero-order valence-electron chi connectivity index (χ0n) is 18.0. The van der Waals surface area contributed by atoms with Crippen LogP contribution in [0.1, 0.15) is 42.5 Å². The van der Waals surface area contributed by atoms with E-state index < -0.39 is 0 Å². The largest absolute Gasteiger partial charge is 0.496 e. The van der Waals surface area contributed by atoms with Crippen molar-refractivity contribution in [1.82, 2.24) is 10.6 Å². The lowest BCUT2D eigenvalue weighted by molar-refractivity contribution is 0.0505. The van der Waals surface area contributed by atoms with Crippen molar-refractivity contribution in [2.24, 2.45) is 4.99 Å². The second kappa shape index (κ2) is 9.79. The predicted octanol–water partition coefficient (Wildman–Crippen LogP) is 3.98. The third-order valence-electron chi connectivity index (χ3n) is 5.85. The van der Waals surface area contributed by atoms with Crippen molar-refractivity contribution in [3.05, 3.63) is 65.2 Å². The quantitative estimate of drug-likeness (QED) is 0.574.